The molecule has 0 aliphatic carbocycles. The van der Waals surface area contributed by atoms with E-state index in [9.17, 15) is 24.0 Å². The number of benzene rings is 1. The summed E-state index contributed by atoms with van der Waals surface area (Å²) in [6.07, 6.45) is 5.71. The first-order valence-corrected chi connectivity index (χ1v) is 16.8. The SMILES string of the molecule is CCOC(=O)CC[C@H](NC(=O)c1ccc(C(=Cc2cnc3nc(NC(=O)C(C)(C)C)[nH]c(=O)c3c2)COC2CCCCO2)cc1)C(=O)OCC. The Hall–Kier alpha value is -4.95. The summed E-state index contributed by atoms with van der Waals surface area (Å²) in [5.74, 6) is -1.92. The van der Waals surface area contributed by atoms with Gasteiger partial charge in [0.2, 0.25) is 11.9 Å². The van der Waals surface area contributed by atoms with Gasteiger partial charge in [-0.15, -0.1) is 0 Å². The largest absolute Gasteiger partial charge is 0.466 e. The van der Waals surface area contributed by atoms with Crippen LogP contribution in [0, 0.1) is 5.41 Å². The van der Waals surface area contributed by atoms with Gasteiger partial charge in [-0.2, -0.15) is 4.98 Å². The highest BCUT2D eigenvalue weighted by molar-refractivity contribution is 5.97. The van der Waals surface area contributed by atoms with Crippen LogP contribution >= 0.6 is 0 Å². The number of pyridine rings is 1. The fraction of sp³-hybridized carbons (Fsp3) is 0.472. The van der Waals surface area contributed by atoms with E-state index in [2.05, 4.69) is 25.6 Å². The smallest absolute Gasteiger partial charge is 0.328 e. The van der Waals surface area contributed by atoms with Crippen molar-refractivity contribution in [2.45, 2.75) is 79.1 Å². The topological polar surface area (TPSA) is 188 Å². The molecule has 1 unspecified atom stereocenters. The first kappa shape index (κ1) is 37.9. The number of rotatable bonds is 14. The summed E-state index contributed by atoms with van der Waals surface area (Å²) in [7, 11) is 0. The molecule has 3 aromatic rings. The third-order valence-corrected chi connectivity index (χ3v) is 7.74. The molecule has 0 radical (unpaired) electrons. The summed E-state index contributed by atoms with van der Waals surface area (Å²) < 4.78 is 21.9. The highest BCUT2D eigenvalue weighted by Gasteiger charge is 2.25. The Labute approximate surface area is 290 Å². The summed E-state index contributed by atoms with van der Waals surface area (Å²) in [6.45, 7) is 9.71. The van der Waals surface area contributed by atoms with Gasteiger partial charge in [0.05, 0.1) is 25.2 Å². The van der Waals surface area contributed by atoms with Crippen molar-refractivity contribution in [1.82, 2.24) is 20.3 Å². The van der Waals surface area contributed by atoms with Gasteiger partial charge in [0.1, 0.15) is 6.04 Å². The maximum Gasteiger partial charge on any atom is 0.328 e. The van der Waals surface area contributed by atoms with Gasteiger partial charge >= 0.3 is 11.9 Å². The van der Waals surface area contributed by atoms with Crippen LogP contribution in [0.3, 0.4) is 0 Å². The molecule has 1 aliphatic rings. The minimum atomic E-state index is -1.03. The Morgan fingerprint density at radius 2 is 1.78 bits per heavy atom. The number of aromatic amines is 1. The molecule has 0 saturated carbocycles. The molecule has 1 aliphatic heterocycles. The van der Waals surface area contributed by atoms with Gasteiger partial charge in [0.15, 0.2) is 11.9 Å². The second-order valence-electron chi connectivity index (χ2n) is 12.7. The summed E-state index contributed by atoms with van der Waals surface area (Å²) in [5.41, 5.74) is 1.36. The van der Waals surface area contributed by atoms with Crippen LogP contribution in [0.15, 0.2) is 41.3 Å². The van der Waals surface area contributed by atoms with Crippen LogP contribution in [-0.2, 0) is 33.3 Å². The van der Waals surface area contributed by atoms with Gasteiger partial charge in [-0.25, -0.2) is 9.78 Å². The van der Waals surface area contributed by atoms with E-state index < -0.39 is 34.9 Å². The molecule has 3 N–H and O–H groups in total. The van der Waals surface area contributed by atoms with E-state index in [-0.39, 0.29) is 67.4 Å². The first-order chi connectivity index (χ1) is 23.9. The molecule has 1 aromatic carbocycles. The zero-order chi connectivity index (χ0) is 36.3. The van der Waals surface area contributed by atoms with Crippen LogP contribution in [0.25, 0.3) is 22.7 Å². The van der Waals surface area contributed by atoms with Crippen LogP contribution in [0.4, 0.5) is 5.95 Å². The highest BCUT2D eigenvalue weighted by atomic mass is 16.7. The Bertz CT molecular complexity index is 1760. The number of carbonyl (C=O) groups excluding carboxylic acids is 4. The van der Waals surface area contributed by atoms with Crippen LogP contribution in [0.5, 0.6) is 0 Å². The molecule has 2 amide bonds. The number of amides is 2. The number of hydrogen-bond donors (Lipinski definition) is 3. The number of anilines is 1. The Kier molecular flexibility index (Phi) is 13.3. The molecule has 50 heavy (non-hydrogen) atoms. The number of nitrogens with zero attached hydrogens (tertiary/aromatic N) is 2. The van der Waals surface area contributed by atoms with E-state index in [0.29, 0.717) is 12.2 Å². The van der Waals surface area contributed by atoms with Gasteiger partial charge in [0.25, 0.3) is 11.5 Å². The van der Waals surface area contributed by atoms with Crippen LogP contribution in [-0.4, -0.2) is 77.5 Å². The predicted octanol–water partition coefficient (Wildman–Crippen LogP) is 4.39. The second kappa shape index (κ2) is 17.6. The fourth-order valence-electron chi connectivity index (χ4n) is 4.97. The summed E-state index contributed by atoms with van der Waals surface area (Å²) >= 11 is 0. The Morgan fingerprint density at radius 1 is 1.06 bits per heavy atom. The fourth-order valence-corrected chi connectivity index (χ4v) is 4.97. The van der Waals surface area contributed by atoms with Gasteiger partial charge in [0, 0.05) is 30.2 Å². The number of hydrogen-bond acceptors (Lipinski definition) is 11. The molecular formula is C36H45N5O9. The molecule has 1 fully saturated rings. The summed E-state index contributed by atoms with van der Waals surface area (Å²) in [5, 5.41) is 5.52. The number of H-pyrrole nitrogens is 1. The minimum absolute atomic E-state index is 0.0106. The summed E-state index contributed by atoms with van der Waals surface area (Å²) in [6, 6.07) is 7.34. The molecule has 1 saturated heterocycles. The van der Waals surface area contributed by atoms with Crippen molar-refractivity contribution in [3.8, 4) is 0 Å². The van der Waals surface area contributed by atoms with E-state index in [1.165, 1.54) is 0 Å². The van der Waals surface area contributed by atoms with E-state index in [1.54, 1.807) is 71.1 Å². The van der Waals surface area contributed by atoms with E-state index in [0.717, 1.165) is 30.4 Å². The first-order valence-electron chi connectivity index (χ1n) is 16.8. The molecular weight excluding hydrogens is 646 g/mol. The standard InChI is InChI=1S/C36H45N5O9/c1-6-47-28(42)16-15-27(33(45)48-7-2)38-31(43)24-13-11-23(12-14-24)25(21-50-29-10-8-9-17-49-29)18-22-19-26-30(37-20-22)39-35(40-32(26)44)41-34(46)36(3,4)5/h11-14,18-20,27,29H,6-10,15-17,21H2,1-5H3,(H,38,43)(H2,37,39,40,41,44,46)/t27-,29?/m0/s1. The van der Waals surface area contributed by atoms with Crippen molar-refractivity contribution in [2.75, 3.05) is 31.7 Å². The van der Waals surface area contributed by atoms with E-state index in [4.69, 9.17) is 18.9 Å². The number of nitrogens with one attached hydrogen (secondary N) is 3. The lowest BCUT2D eigenvalue weighted by Crippen LogP contribution is -2.42. The van der Waals surface area contributed by atoms with E-state index in [1.807, 2.05) is 6.08 Å². The van der Waals surface area contributed by atoms with Crippen LogP contribution < -0.4 is 16.2 Å². The lowest BCUT2D eigenvalue weighted by Gasteiger charge is -2.23. The Morgan fingerprint density at radius 3 is 2.44 bits per heavy atom. The quantitative estimate of drug-likeness (QED) is 0.204. The van der Waals surface area contributed by atoms with E-state index >= 15 is 0 Å². The van der Waals surface area contributed by atoms with Crippen molar-refractivity contribution in [1.29, 1.82) is 0 Å². The van der Waals surface area contributed by atoms with Crippen molar-refractivity contribution in [3.05, 3.63) is 63.6 Å². The zero-order valence-corrected chi connectivity index (χ0v) is 29.1. The number of aromatic nitrogens is 3. The van der Waals surface area contributed by atoms with Crippen molar-refractivity contribution in [3.63, 3.8) is 0 Å². The van der Waals surface area contributed by atoms with Gasteiger partial charge in [-0.05, 0) is 80.5 Å². The number of fused-ring (bicyclic) bond motifs is 1. The van der Waals surface area contributed by atoms with Crippen molar-refractivity contribution < 1.29 is 38.1 Å². The molecule has 2 aromatic heterocycles. The van der Waals surface area contributed by atoms with Crippen LogP contribution in [0.2, 0.25) is 0 Å². The molecule has 268 valence electrons. The lowest BCUT2D eigenvalue weighted by atomic mass is 9.96. The van der Waals surface area contributed by atoms with Crippen molar-refractivity contribution >= 4 is 52.4 Å². The Balaban J connectivity index is 1.58. The van der Waals surface area contributed by atoms with Crippen molar-refractivity contribution in [2.24, 2.45) is 5.41 Å². The molecule has 14 heteroatoms. The highest BCUT2D eigenvalue weighted by Crippen LogP contribution is 2.24. The minimum Gasteiger partial charge on any atom is -0.466 e. The van der Waals surface area contributed by atoms with Crippen LogP contribution in [0.1, 0.15) is 88.2 Å². The maximum absolute atomic E-state index is 13.2. The summed E-state index contributed by atoms with van der Waals surface area (Å²) in [4.78, 5) is 74.3. The number of carbonyl (C=O) groups is 4. The average molecular weight is 692 g/mol. The zero-order valence-electron chi connectivity index (χ0n) is 29.1. The molecule has 3 heterocycles. The predicted molar refractivity (Wildman–Crippen MR) is 186 cm³/mol. The third-order valence-electron chi connectivity index (χ3n) is 7.74. The normalized spacial score (nSPS) is 15.6. The lowest BCUT2D eigenvalue weighted by molar-refractivity contribution is -0.154. The maximum atomic E-state index is 13.2. The molecule has 2 atom stereocenters. The monoisotopic (exact) mass is 691 g/mol. The number of esters is 2. The molecule has 0 bridgehead atoms. The molecule has 0 spiro atoms. The van der Waals surface area contributed by atoms with Gasteiger partial charge < -0.3 is 24.3 Å². The van der Waals surface area contributed by atoms with Gasteiger partial charge in [-0.1, -0.05) is 32.9 Å². The molecule has 14 nitrogen and oxygen atoms in total. The average Bonchev–Trinajstić information content (AvgIpc) is 3.09. The van der Waals surface area contributed by atoms with Gasteiger partial charge in [-0.3, -0.25) is 29.5 Å². The number of ether oxygens (including phenoxy) is 4. The third kappa shape index (κ3) is 10.8. The second-order valence-corrected chi connectivity index (χ2v) is 12.7. The molecule has 4 rings (SSSR count).